The Bertz CT molecular complexity index is 1320. The maximum atomic E-state index is 12.6. The SMILES string of the molecule is CCCCOc1ccc(-c2nnc3n2NC(c2cc4ccccc4oc2=O)=CS3)cc1. The second-order valence-corrected chi connectivity index (χ2v) is 7.95. The van der Waals surface area contributed by atoms with E-state index in [-0.39, 0.29) is 0 Å². The monoisotopic (exact) mass is 432 g/mol. The normalized spacial score (nSPS) is 12.9. The number of hydrogen-bond acceptors (Lipinski definition) is 7. The van der Waals surface area contributed by atoms with Gasteiger partial charge in [0.05, 0.1) is 17.9 Å². The smallest absolute Gasteiger partial charge is 0.345 e. The Morgan fingerprint density at radius 2 is 1.97 bits per heavy atom. The summed E-state index contributed by atoms with van der Waals surface area (Å²) in [5.74, 6) is 1.48. The van der Waals surface area contributed by atoms with Gasteiger partial charge in [0.1, 0.15) is 11.3 Å². The molecule has 0 saturated carbocycles. The van der Waals surface area contributed by atoms with Crippen molar-refractivity contribution in [2.75, 3.05) is 12.0 Å². The molecule has 0 radical (unpaired) electrons. The molecule has 0 amide bonds. The number of aromatic nitrogens is 3. The van der Waals surface area contributed by atoms with Gasteiger partial charge < -0.3 is 9.15 Å². The predicted molar refractivity (Wildman–Crippen MR) is 122 cm³/mol. The van der Waals surface area contributed by atoms with Crippen LogP contribution in [0.25, 0.3) is 28.1 Å². The number of ether oxygens (including phenoxy) is 1. The lowest BCUT2D eigenvalue weighted by Gasteiger charge is -2.18. The largest absolute Gasteiger partial charge is 0.494 e. The van der Waals surface area contributed by atoms with Gasteiger partial charge in [0.2, 0.25) is 5.16 Å². The molecule has 1 aliphatic rings. The lowest BCUT2D eigenvalue weighted by Crippen LogP contribution is -2.21. The number of nitrogens with zero attached hydrogens (tertiary/aromatic N) is 3. The number of thioether (sulfide) groups is 1. The molecule has 0 spiro atoms. The van der Waals surface area contributed by atoms with E-state index in [4.69, 9.17) is 9.15 Å². The van der Waals surface area contributed by atoms with Crippen molar-refractivity contribution in [3.05, 3.63) is 76.0 Å². The lowest BCUT2D eigenvalue weighted by atomic mass is 10.1. The van der Waals surface area contributed by atoms with E-state index in [1.54, 1.807) is 10.7 Å². The summed E-state index contributed by atoms with van der Waals surface area (Å²) in [6.45, 7) is 2.84. The summed E-state index contributed by atoms with van der Waals surface area (Å²) in [6.07, 6.45) is 2.12. The number of fused-ring (bicyclic) bond motifs is 2. The van der Waals surface area contributed by atoms with E-state index in [9.17, 15) is 4.79 Å². The molecule has 0 fully saturated rings. The van der Waals surface area contributed by atoms with Crippen LogP contribution in [0.3, 0.4) is 0 Å². The highest BCUT2D eigenvalue weighted by Gasteiger charge is 2.21. The van der Waals surface area contributed by atoms with Crippen LogP contribution in [-0.4, -0.2) is 21.5 Å². The minimum atomic E-state index is -0.398. The average molecular weight is 433 g/mol. The Balaban J connectivity index is 1.43. The molecule has 2 aromatic heterocycles. The Labute approximate surface area is 182 Å². The van der Waals surface area contributed by atoms with Gasteiger partial charge >= 0.3 is 5.63 Å². The van der Waals surface area contributed by atoms with E-state index in [2.05, 4.69) is 22.5 Å². The quantitative estimate of drug-likeness (QED) is 0.343. The molecule has 0 bridgehead atoms. The molecule has 0 aliphatic carbocycles. The second-order valence-electron chi connectivity index (χ2n) is 7.11. The predicted octanol–water partition coefficient (Wildman–Crippen LogP) is 4.88. The highest BCUT2D eigenvalue weighted by Crippen LogP contribution is 2.31. The topological polar surface area (TPSA) is 82.2 Å². The van der Waals surface area contributed by atoms with Crippen molar-refractivity contribution in [2.45, 2.75) is 24.9 Å². The van der Waals surface area contributed by atoms with E-state index in [1.165, 1.54) is 11.8 Å². The van der Waals surface area contributed by atoms with Gasteiger partial charge in [0, 0.05) is 16.4 Å². The van der Waals surface area contributed by atoms with Crippen LogP contribution in [0.15, 0.2) is 74.4 Å². The zero-order chi connectivity index (χ0) is 21.2. The van der Waals surface area contributed by atoms with Crippen LogP contribution in [0.2, 0.25) is 0 Å². The van der Waals surface area contributed by atoms with Gasteiger partial charge in [-0.3, -0.25) is 5.43 Å². The molecule has 7 nitrogen and oxygen atoms in total. The fraction of sp³-hybridized carbons (Fsp3) is 0.174. The van der Waals surface area contributed by atoms with Gasteiger partial charge in [-0.05, 0) is 42.8 Å². The number of para-hydroxylation sites is 1. The maximum absolute atomic E-state index is 12.6. The average Bonchev–Trinajstić information content (AvgIpc) is 3.22. The van der Waals surface area contributed by atoms with Gasteiger partial charge in [-0.1, -0.05) is 43.3 Å². The molecule has 1 aliphatic heterocycles. The van der Waals surface area contributed by atoms with E-state index in [1.807, 2.05) is 53.9 Å². The van der Waals surface area contributed by atoms with Gasteiger partial charge in [-0.2, -0.15) is 0 Å². The van der Waals surface area contributed by atoms with Crippen LogP contribution in [0.5, 0.6) is 5.75 Å². The third-order valence-electron chi connectivity index (χ3n) is 4.96. The highest BCUT2D eigenvalue weighted by atomic mass is 32.2. The number of rotatable bonds is 6. The molecule has 8 heteroatoms. The van der Waals surface area contributed by atoms with E-state index in [0.29, 0.717) is 34.4 Å². The third-order valence-corrected chi connectivity index (χ3v) is 5.79. The van der Waals surface area contributed by atoms with Crippen molar-refractivity contribution < 1.29 is 9.15 Å². The summed E-state index contributed by atoms with van der Waals surface area (Å²) in [5, 5.41) is 12.0. The molecule has 4 aromatic rings. The lowest BCUT2D eigenvalue weighted by molar-refractivity contribution is 0.309. The zero-order valence-electron chi connectivity index (χ0n) is 16.9. The second kappa shape index (κ2) is 8.31. The molecular weight excluding hydrogens is 412 g/mol. The Morgan fingerprint density at radius 3 is 2.81 bits per heavy atom. The molecule has 5 rings (SSSR count). The minimum Gasteiger partial charge on any atom is -0.494 e. The Morgan fingerprint density at radius 1 is 1.13 bits per heavy atom. The zero-order valence-corrected chi connectivity index (χ0v) is 17.7. The molecule has 3 heterocycles. The van der Waals surface area contributed by atoms with Crippen LogP contribution < -0.4 is 15.8 Å². The maximum Gasteiger partial charge on any atom is 0.345 e. The van der Waals surface area contributed by atoms with E-state index >= 15 is 0 Å². The Hall–Kier alpha value is -3.52. The van der Waals surface area contributed by atoms with Crippen molar-refractivity contribution in [3.63, 3.8) is 0 Å². The first-order valence-corrected chi connectivity index (χ1v) is 11.0. The highest BCUT2D eigenvalue weighted by molar-refractivity contribution is 8.02. The van der Waals surface area contributed by atoms with Gasteiger partial charge in [0.15, 0.2) is 5.82 Å². The van der Waals surface area contributed by atoms with Gasteiger partial charge in [-0.25, -0.2) is 9.47 Å². The summed E-state index contributed by atoms with van der Waals surface area (Å²) in [4.78, 5) is 12.6. The number of nitrogens with one attached hydrogen (secondary N) is 1. The molecule has 0 saturated heterocycles. The van der Waals surface area contributed by atoms with Gasteiger partial charge in [-0.15, -0.1) is 10.2 Å². The summed E-state index contributed by atoms with van der Waals surface area (Å²) in [5.41, 5.74) is 5.41. The fourth-order valence-electron chi connectivity index (χ4n) is 3.30. The van der Waals surface area contributed by atoms with Crippen LogP contribution in [-0.2, 0) is 0 Å². The molecule has 0 atom stereocenters. The standard InChI is InChI=1S/C23H20N4O3S/c1-2-3-12-29-17-10-8-15(9-11-17)21-24-25-23-27(21)26-19(14-31-23)18-13-16-6-4-5-7-20(16)30-22(18)28/h4-11,13-14,26H,2-3,12H2,1H3. The van der Waals surface area contributed by atoms with E-state index in [0.717, 1.165) is 29.5 Å². The van der Waals surface area contributed by atoms with Crippen molar-refractivity contribution in [2.24, 2.45) is 0 Å². The molecule has 0 unspecified atom stereocenters. The first-order chi connectivity index (χ1) is 15.2. The molecule has 156 valence electrons. The summed E-state index contributed by atoms with van der Waals surface area (Å²) < 4.78 is 13.0. The summed E-state index contributed by atoms with van der Waals surface area (Å²) >= 11 is 1.40. The summed E-state index contributed by atoms with van der Waals surface area (Å²) in [7, 11) is 0. The van der Waals surface area contributed by atoms with Gasteiger partial charge in [0.25, 0.3) is 0 Å². The summed E-state index contributed by atoms with van der Waals surface area (Å²) in [6, 6.07) is 17.0. The van der Waals surface area contributed by atoms with Crippen molar-refractivity contribution in [3.8, 4) is 17.1 Å². The molecule has 2 aromatic carbocycles. The number of hydrogen-bond donors (Lipinski definition) is 1. The van der Waals surface area contributed by atoms with Crippen molar-refractivity contribution in [1.29, 1.82) is 0 Å². The fourth-order valence-corrected chi connectivity index (χ4v) is 4.03. The van der Waals surface area contributed by atoms with Crippen LogP contribution in [0.1, 0.15) is 25.3 Å². The van der Waals surface area contributed by atoms with E-state index < -0.39 is 5.63 Å². The first-order valence-electron chi connectivity index (χ1n) is 10.1. The van der Waals surface area contributed by atoms with Crippen LogP contribution in [0, 0.1) is 0 Å². The molecular formula is C23H20N4O3S. The van der Waals surface area contributed by atoms with Crippen molar-refractivity contribution in [1.82, 2.24) is 14.9 Å². The number of benzene rings is 2. The first kappa shape index (κ1) is 19.4. The van der Waals surface area contributed by atoms with Crippen LogP contribution >= 0.6 is 11.8 Å². The number of unbranched alkanes of at least 4 members (excludes halogenated alkanes) is 1. The van der Waals surface area contributed by atoms with Crippen LogP contribution in [0.4, 0.5) is 0 Å². The molecule has 31 heavy (non-hydrogen) atoms. The third kappa shape index (κ3) is 3.82. The Kier molecular flexibility index (Phi) is 5.21. The minimum absolute atomic E-state index is 0.398. The van der Waals surface area contributed by atoms with Crippen molar-refractivity contribution >= 4 is 28.4 Å². The molecule has 1 N–H and O–H groups in total.